The molecule has 5 heteroatoms. The summed E-state index contributed by atoms with van der Waals surface area (Å²) in [5.74, 6) is -0.175. The summed E-state index contributed by atoms with van der Waals surface area (Å²) in [6.07, 6.45) is 0.975. The Morgan fingerprint density at radius 3 is 2.94 bits per heavy atom. The van der Waals surface area contributed by atoms with Crippen LogP contribution in [0.4, 0.5) is 0 Å². The highest BCUT2D eigenvalue weighted by Crippen LogP contribution is 2.12. The van der Waals surface area contributed by atoms with Gasteiger partial charge < -0.3 is 14.2 Å². The first kappa shape index (κ1) is 13.4. The molecule has 0 unspecified atom stereocenters. The molecule has 0 amide bonds. The summed E-state index contributed by atoms with van der Waals surface area (Å²) in [5.41, 5.74) is 0. The molecule has 1 atom stereocenters. The molecule has 16 heavy (non-hydrogen) atoms. The summed E-state index contributed by atoms with van der Waals surface area (Å²) in [6, 6.07) is 0.319. The Kier molecular flexibility index (Phi) is 6.37. The van der Waals surface area contributed by atoms with Gasteiger partial charge in [-0.25, -0.2) is 0 Å². The van der Waals surface area contributed by atoms with Crippen molar-refractivity contribution in [2.24, 2.45) is 0 Å². The molecule has 94 valence electrons. The molecule has 1 rings (SSSR count). The van der Waals surface area contributed by atoms with Gasteiger partial charge in [0.1, 0.15) is 0 Å². The number of rotatable bonds is 7. The fourth-order valence-electron chi connectivity index (χ4n) is 1.78. The van der Waals surface area contributed by atoms with Gasteiger partial charge in [-0.1, -0.05) is 0 Å². The molecular formula is C11H21NO4. The van der Waals surface area contributed by atoms with E-state index in [0.717, 1.165) is 19.6 Å². The van der Waals surface area contributed by atoms with Crippen LogP contribution >= 0.6 is 0 Å². The second-order valence-corrected chi connectivity index (χ2v) is 3.79. The van der Waals surface area contributed by atoms with Crippen LogP contribution in [0.15, 0.2) is 0 Å². The molecule has 1 aliphatic rings. The van der Waals surface area contributed by atoms with E-state index in [2.05, 4.69) is 4.90 Å². The van der Waals surface area contributed by atoms with Gasteiger partial charge in [0.15, 0.2) is 0 Å². The van der Waals surface area contributed by atoms with Gasteiger partial charge in [0.25, 0.3) is 0 Å². The molecule has 1 aliphatic heterocycles. The van der Waals surface area contributed by atoms with E-state index in [9.17, 15) is 4.79 Å². The Bertz CT molecular complexity index is 204. The first-order chi connectivity index (χ1) is 7.77. The fraction of sp³-hybridized carbons (Fsp3) is 0.909. The monoisotopic (exact) mass is 231 g/mol. The zero-order chi connectivity index (χ0) is 11.8. The number of carbonyl (C=O) groups excluding carboxylic acids is 1. The van der Waals surface area contributed by atoms with E-state index in [1.807, 2.05) is 6.92 Å². The maximum Gasteiger partial charge on any atom is 0.320 e. The van der Waals surface area contributed by atoms with Crippen LogP contribution in [-0.4, -0.2) is 63.5 Å². The van der Waals surface area contributed by atoms with E-state index < -0.39 is 0 Å². The van der Waals surface area contributed by atoms with Crippen molar-refractivity contribution >= 4 is 5.97 Å². The van der Waals surface area contributed by atoms with Crippen molar-refractivity contribution in [2.45, 2.75) is 19.4 Å². The molecule has 0 spiro atoms. The SMILES string of the molecule is CCOC(=O)CN(CCOC)[C@@H]1CCOC1. The van der Waals surface area contributed by atoms with Gasteiger partial charge in [-0.15, -0.1) is 0 Å². The Morgan fingerprint density at radius 2 is 2.38 bits per heavy atom. The maximum absolute atomic E-state index is 11.4. The minimum Gasteiger partial charge on any atom is -0.465 e. The van der Waals surface area contributed by atoms with Crippen LogP contribution in [0.3, 0.4) is 0 Å². The van der Waals surface area contributed by atoms with Gasteiger partial charge in [-0.05, 0) is 13.3 Å². The maximum atomic E-state index is 11.4. The summed E-state index contributed by atoms with van der Waals surface area (Å²) in [5, 5.41) is 0. The van der Waals surface area contributed by atoms with E-state index in [1.54, 1.807) is 7.11 Å². The average molecular weight is 231 g/mol. The van der Waals surface area contributed by atoms with Crippen molar-refractivity contribution in [1.29, 1.82) is 0 Å². The average Bonchev–Trinajstić information content (AvgIpc) is 2.77. The molecule has 0 bridgehead atoms. The lowest BCUT2D eigenvalue weighted by Crippen LogP contribution is -2.42. The van der Waals surface area contributed by atoms with Crippen molar-refractivity contribution in [3.05, 3.63) is 0 Å². The highest BCUT2D eigenvalue weighted by Gasteiger charge is 2.25. The highest BCUT2D eigenvalue weighted by atomic mass is 16.5. The largest absolute Gasteiger partial charge is 0.465 e. The Balaban J connectivity index is 2.39. The second-order valence-electron chi connectivity index (χ2n) is 3.79. The molecule has 0 aromatic heterocycles. The number of hydrogen-bond donors (Lipinski definition) is 0. The summed E-state index contributed by atoms with van der Waals surface area (Å²) >= 11 is 0. The Hall–Kier alpha value is -0.650. The molecule has 0 radical (unpaired) electrons. The number of esters is 1. The molecular weight excluding hydrogens is 210 g/mol. The summed E-state index contributed by atoms with van der Waals surface area (Å²) in [6.45, 7) is 5.40. The zero-order valence-corrected chi connectivity index (χ0v) is 10.1. The van der Waals surface area contributed by atoms with Gasteiger partial charge in [0.05, 0.1) is 26.4 Å². The molecule has 0 aromatic carbocycles. The molecule has 1 heterocycles. The minimum atomic E-state index is -0.175. The number of methoxy groups -OCH3 is 1. The van der Waals surface area contributed by atoms with Gasteiger partial charge in [0, 0.05) is 26.3 Å². The quantitative estimate of drug-likeness (QED) is 0.589. The van der Waals surface area contributed by atoms with Crippen molar-refractivity contribution in [1.82, 2.24) is 4.90 Å². The Morgan fingerprint density at radius 1 is 1.56 bits per heavy atom. The molecule has 0 saturated carbocycles. The van der Waals surface area contributed by atoms with Crippen LogP contribution in [0.2, 0.25) is 0 Å². The normalized spacial score (nSPS) is 20.3. The third-order valence-electron chi connectivity index (χ3n) is 2.64. The number of hydrogen-bond acceptors (Lipinski definition) is 5. The van der Waals surface area contributed by atoms with Crippen LogP contribution in [0.5, 0.6) is 0 Å². The molecule has 0 N–H and O–H groups in total. The van der Waals surface area contributed by atoms with E-state index in [-0.39, 0.29) is 5.97 Å². The van der Waals surface area contributed by atoms with Crippen molar-refractivity contribution < 1.29 is 19.0 Å². The first-order valence-electron chi connectivity index (χ1n) is 5.74. The summed E-state index contributed by atoms with van der Waals surface area (Å²) < 4.78 is 15.3. The van der Waals surface area contributed by atoms with Crippen LogP contribution in [0.1, 0.15) is 13.3 Å². The topological polar surface area (TPSA) is 48.0 Å². The van der Waals surface area contributed by atoms with E-state index in [1.165, 1.54) is 0 Å². The summed E-state index contributed by atoms with van der Waals surface area (Å²) in [4.78, 5) is 13.5. The molecule has 0 aromatic rings. The molecule has 5 nitrogen and oxygen atoms in total. The van der Waals surface area contributed by atoms with Crippen molar-refractivity contribution in [3.8, 4) is 0 Å². The lowest BCUT2D eigenvalue weighted by Gasteiger charge is -2.26. The fourth-order valence-corrected chi connectivity index (χ4v) is 1.78. The zero-order valence-electron chi connectivity index (χ0n) is 10.1. The van der Waals surface area contributed by atoms with E-state index >= 15 is 0 Å². The van der Waals surface area contributed by atoms with Gasteiger partial charge in [0.2, 0.25) is 0 Å². The highest BCUT2D eigenvalue weighted by molar-refractivity contribution is 5.71. The smallest absolute Gasteiger partial charge is 0.320 e. The van der Waals surface area contributed by atoms with E-state index in [0.29, 0.717) is 32.4 Å². The standard InChI is InChI=1S/C11H21NO4/c1-3-16-11(13)8-12(5-7-14-2)10-4-6-15-9-10/h10H,3-9H2,1-2H3/t10-/m1/s1. The molecule has 0 aliphatic carbocycles. The van der Waals surface area contributed by atoms with Crippen molar-refractivity contribution in [2.75, 3.05) is 46.6 Å². The molecule has 1 saturated heterocycles. The van der Waals surface area contributed by atoms with Crippen LogP contribution in [0, 0.1) is 0 Å². The van der Waals surface area contributed by atoms with Gasteiger partial charge >= 0.3 is 5.97 Å². The third-order valence-corrected chi connectivity index (χ3v) is 2.64. The van der Waals surface area contributed by atoms with Crippen LogP contribution in [0.25, 0.3) is 0 Å². The van der Waals surface area contributed by atoms with Crippen molar-refractivity contribution in [3.63, 3.8) is 0 Å². The van der Waals surface area contributed by atoms with Crippen LogP contribution < -0.4 is 0 Å². The number of nitrogens with zero attached hydrogens (tertiary/aromatic N) is 1. The molecule has 1 fully saturated rings. The predicted molar refractivity (Wildman–Crippen MR) is 59.3 cm³/mol. The van der Waals surface area contributed by atoms with E-state index in [4.69, 9.17) is 14.2 Å². The number of carbonyl (C=O) groups is 1. The van der Waals surface area contributed by atoms with Crippen LogP contribution in [-0.2, 0) is 19.0 Å². The number of ether oxygens (including phenoxy) is 3. The second kappa shape index (κ2) is 7.60. The lowest BCUT2D eigenvalue weighted by molar-refractivity contribution is -0.145. The third kappa shape index (κ3) is 4.47. The first-order valence-corrected chi connectivity index (χ1v) is 5.74. The summed E-state index contributed by atoms with van der Waals surface area (Å²) in [7, 11) is 1.66. The predicted octanol–water partition coefficient (Wildman–Crippen LogP) is 0.287. The minimum absolute atomic E-state index is 0.175. The lowest BCUT2D eigenvalue weighted by atomic mass is 10.2. The Labute approximate surface area is 96.6 Å². The van der Waals surface area contributed by atoms with Gasteiger partial charge in [-0.2, -0.15) is 0 Å². The van der Waals surface area contributed by atoms with Gasteiger partial charge in [-0.3, -0.25) is 9.69 Å².